The highest BCUT2D eigenvalue weighted by Gasteiger charge is 2.21. The second kappa shape index (κ2) is 5.35. The van der Waals surface area contributed by atoms with Crippen LogP contribution in [0.5, 0.6) is 0 Å². The van der Waals surface area contributed by atoms with Crippen LogP contribution < -0.4 is 11.1 Å². The molecule has 1 aromatic heterocycles. The molecule has 3 rings (SSSR count). The Balaban J connectivity index is 1.66. The number of rotatable bonds is 4. The number of nitrogen functional groups attached to an aromatic ring is 1. The Morgan fingerprint density at radius 1 is 1.26 bits per heavy atom. The van der Waals surface area contributed by atoms with Crippen molar-refractivity contribution in [3.8, 4) is 0 Å². The molecule has 0 spiro atoms. The number of hydrogen-bond acceptors (Lipinski definition) is 3. The Morgan fingerprint density at radius 3 is 2.89 bits per heavy atom. The van der Waals surface area contributed by atoms with Gasteiger partial charge in [-0.3, -0.25) is 0 Å². The summed E-state index contributed by atoms with van der Waals surface area (Å²) in [5.74, 6) is 0. The second-order valence-corrected chi connectivity index (χ2v) is 6.40. The first-order chi connectivity index (χ1) is 9.26. The van der Waals surface area contributed by atoms with Gasteiger partial charge in [-0.2, -0.15) is 0 Å². The molecule has 0 amide bonds. The van der Waals surface area contributed by atoms with Crippen molar-refractivity contribution in [3.63, 3.8) is 0 Å². The Hall–Kier alpha value is -1.32. The first kappa shape index (κ1) is 12.7. The van der Waals surface area contributed by atoms with Crippen molar-refractivity contribution in [2.45, 2.75) is 38.8 Å². The largest absolute Gasteiger partial charge is 0.399 e. The fourth-order valence-corrected chi connectivity index (χ4v) is 3.69. The van der Waals surface area contributed by atoms with Crippen molar-refractivity contribution in [2.24, 2.45) is 0 Å². The quantitative estimate of drug-likeness (QED) is 0.833. The van der Waals surface area contributed by atoms with Crippen molar-refractivity contribution in [3.05, 3.63) is 51.2 Å². The van der Waals surface area contributed by atoms with Gasteiger partial charge in [0.25, 0.3) is 0 Å². The Kier molecular flexibility index (Phi) is 3.58. The highest BCUT2D eigenvalue weighted by Crippen LogP contribution is 2.32. The Morgan fingerprint density at radius 2 is 2.11 bits per heavy atom. The molecule has 2 nitrogen and oxygen atoms in total. The highest BCUT2D eigenvalue weighted by molar-refractivity contribution is 7.11. The highest BCUT2D eigenvalue weighted by atomic mass is 32.1. The zero-order valence-electron chi connectivity index (χ0n) is 11.3. The van der Waals surface area contributed by atoms with Gasteiger partial charge < -0.3 is 11.1 Å². The lowest BCUT2D eigenvalue weighted by atomic mass is 10.1. The van der Waals surface area contributed by atoms with Crippen LogP contribution in [-0.2, 0) is 19.4 Å². The zero-order valence-corrected chi connectivity index (χ0v) is 12.1. The third kappa shape index (κ3) is 2.67. The van der Waals surface area contributed by atoms with E-state index in [4.69, 9.17) is 5.73 Å². The minimum absolute atomic E-state index is 0.489. The summed E-state index contributed by atoms with van der Waals surface area (Å²) in [4.78, 5) is 2.90. The predicted octanol–water partition coefficient (Wildman–Crippen LogP) is 3.67. The molecule has 1 aromatic carbocycles. The molecule has 1 aliphatic carbocycles. The number of fused-ring (bicyclic) bond motifs is 1. The van der Waals surface area contributed by atoms with Gasteiger partial charge in [0.2, 0.25) is 0 Å². The molecular formula is C16H20N2S. The summed E-state index contributed by atoms with van der Waals surface area (Å²) >= 11 is 1.92. The summed E-state index contributed by atoms with van der Waals surface area (Å²) in [7, 11) is 0. The molecule has 1 unspecified atom stereocenters. The molecular weight excluding hydrogens is 252 g/mol. The zero-order chi connectivity index (χ0) is 13.2. The summed E-state index contributed by atoms with van der Waals surface area (Å²) < 4.78 is 0. The molecule has 2 aromatic rings. The third-order valence-corrected chi connectivity index (χ3v) is 5.06. The van der Waals surface area contributed by atoms with Crippen molar-refractivity contribution < 1.29 is 0 Å². The van der Waals surface area contributed by atoms with Crippen LogP contribution in [0, 0.1) is 0 Å². The predicted molar refractivity (Wildman–Crippen MR) is 82.5 cm³/mol. The summed E-state index contributed by atoms with van der Waals surface area (Å²) in [6, 6.07) is 11.3. The molecule has 0 aliphatic heterocycles. The van der Waals surface area contributed by atoms with Gasteiger partial charge in [-0.1, -0.05) is 13.0 Å². The molecule has 19 heavy (non-hydrogen) atoms. The average molecular weight is 272 g/mol. The third-order valence-electron chi connectivity index (χ3n) is 3.83. The van der Waals surface area contributed by atoms with E-state index in [1.807, 2.05) is 17.4 Å². The number of nitrogens with one attached hydrogen (secondary N) is 1. The number of benzene rings is 1. The molecule has 0 bridgehead atoms. The van der Waals surface area contributed by atoms with Gasteiger partial charge in [0, 0.05) is 28.0 Å². The minimum atomic E-state index is 0.489. The van der Waals surface area contributed by atoms with E-state index in [0.29, 0.717) is 6.04 Å². The molecule has 3 heteroatoms. The van der Waals surface area contributed by atoms with Gasteiger partial charge in [-0.15, -0.1) is 11.3 Å². The average Bonchev–Trinajstić information content (AvgIpc) is 3.02. The topological polar surface area (TPSA) is 38.0 Å². The van der Waals surface area contributed by atoms with Crippen molar-refractivity contribution in [2.75, 3.05) is 5.73 Å². The van der Waals surface area contributed by atoms with Crippen LogP contribution in [0.1, 0.15) is 40.3 Å². The summed E-state index contributed by atoms with van der Waals surface area (Å²) in [5.41, 5.74) is 9.57. The monoisotopic (exact) mass is 272 g/mol. The van der Waals surface area contributed by atoms with Gasteiger partial charge in [0.1, 0.15) is 0 Å². The summed E-state index contributed by atoms with van der Waals surface area (Å²) in [6.07, 6.45) is 3.46. The van der Waals surface area contributed by atoms with Crippen LogP contribution in [0.25, 0.3) is 0 Å². The summed E-state index contributed by atoms with van der Waals surface area (Å²) in [6.45, 7) is 3.18. The molecule has 0 radical (unpaired) electrons. The first-order valence-electron chi connectivity index (χ1n) is 6.95. The van der Waals surface area contributed by atoms with Crippen LogP contribution in [-0.4, -0.2) is 0 Å². The van der Waals surface area contributed by atoms with E-state index in [9.17, 15) is 0 Å². The van der Waals surface area contributed by atoms with Gasteiger partial charge >= 0.3 is 0 Å². The van der Waals surface area contributed by atoms with Crippen LogP contribution in [0.15, 0.2) is 30.3 Å². The number of nitrogens with two attached hydrogens (primary N) is 1. The number of anilines is 1. The van der Waals surface area contributed by atoms with E-state index in [1.54, 1.807) is 0 Å². The lowest BCUT2D eigenvalue weighted by Crippen LogP contribution is -2.18. The Labute approximate surface area is 118 Å². The van der Waals surface area contributed by atoms with Gasteiger partial charge in [-0.25, -0.2) is 0 Å². The van der Waals surface area contributed by atoms with E-state index < -0.39 is 0 Å². The van der Waals surface area contributed by atoms with E-state index >= 15 is 0 Å². The SMILES string of the molecule is CCc1ccc(CNC2CCc3cc(N)ccc32)s1. The number of hydrogen-bond donors (Lipinski definition) is 2. The molecule has 1 aliphatic rings. The molecule has 0 saturated carbocycles. The maximum atomic E-state index is 5.84. The van der Waals surface area contributed by atoms with E-state index in [2.05, 4.69) is 36.5 Å². The van der Waals surface area contributed by atoms with Crippen LogP contribution in [0.3, 0.4) is 0 Å². The van der Waals surface area contributed by atoms with E-state index in [1.165, 1.54) is 27.3 Å². The molecule has 3 N–H and O–H groups in total. The van der Waals surface area contributed by atoms with Crippen LogP contribution in [0.2, 0.25) is 0 Å². The maximum Gasteiger partial charge on any atom is 0.0329 e. The van der Waals surface area contributed by atoms with E-state index in [0.717, 1.165) is 25.1 Å². The standard InChI is InChI=1S/C16H20N2S/c1-2-13-5-6-14(19-13)10-18-16-8-3-11-9-12(17)4-7-15(11)16/h4-7,9,16,18H,2-3,8,10,17H2,1H3. The maximum absolute atomic E-state index is 5.84. The lowest BCUT2D eigenvalue weighted by molar-refractivity contribution is 0.533. The normalized spacial score (nSPS) is 17.6. The van der Waals surface area contributed by atoms with Gasteiger partial charge in [0.05, 0.1) is 0 Å². The smallest absolute Gasteiger partial charge is 0.0329 e. The van der Waals surface area contributed by atoms with Crippen molar-refractivity contribution >= 4 is 17.0 Å². The molecule has 1 heterocycles. The number of aryl methyl sites for hydroxylation is 2. The lowest BCUT2D eigenvalue weighted by Gasteiger charge is -2.13. The Bertz CT molecular complexity index is 574. The van der Waals surface area contributed by atoms with Crippen molar-refractivity contribution in [1.29, 1.82) is 0 Å². The molecule has 100 valence electrons. The van der Waals surface area contributed by atoms with E-state index in [-0.39, 0.29) is 0 Å². The summed E-state index contributed by atoms with van der Waals surface area (Å²) in [5, 5.41) is 3.68. The second-order valence-electron chi connectivity index (χ2n) is 5.15. The van der Waals surface area contributed by atoms with Gasteiger partial charge in [-0.05, 0) is 54.7 Å². The molecule has 1 atom stereocenters. The van der Waals surface area contributed by atoms with Crippen LogP contribution >= 0.6 is 11.3 Å². The van der Waals surface area contributed by atoms with Crippen LogP contribution in [0.4, 0.5) is 5.69 Å². The first-order valence-corrected chi connectivity index (χ1v) is 7.77. The minimum Gasteiger partial charge on any atom is -0.399 e. The fraction of sp³-hybridized carbons (Fsp3) is 0.375. The van der Waals surface area contributed by atoms with Crippen molar-refractivity contribution in [1.82, 2.24) is 5.32 Å². The van der Waals surface area contributed by atoms with Gasteiger partial charge in [0.15, 0.2) is 0 Å². The molecule has 0 saturated heterocycles. The fourth-order valence-electron chi connectivity index (χ4n) is 2.78. The number of thiophene rings is 1. The molecule has 0 fully saturated rings.